The van der Waals surface area contributed by atoms with E-state index in [9.17, 15) is 0 Å². The van der Waals surface area contributed by atoms with Crippen molar-refractivity contribution in [2.45, 2.75) is 0 Å². The SMILES string of the molecule is O=P([O-])([O-])[O-].[Al+3].[Al+3].[O-]B([O-])[O-]. The quantitative estimate of drug-likeness (QED) is 0.282. The summed E-state index contributed by atoms with van der Waals surface area (Å²) in [5, 5.41) is 25.2. The van der Waals surface area contributed by atoms with Crippen LogP contribution in [0.15, 0.2) is 0 Å². The summed E-state index contributed by atoms with van der Waals surface area (Å²) in [6.07, 6.45) is 0. The van der Waals surface area contributed by atoms with Gasteiger partial charge in [-0.2, -0.15) is 7.82 Å². The Morgan fingerprint density at radius 3 is 0.909 bits per heavy atom. The molecule has 7 nitrogen and oxygen atoms in total. The van der Waals surface area contributed by atoms with E-state index in [-0.39, 0.29) is 34.7 Å². The third-order valence-electron chi connectivity index (χ3n) is 0. The Bertz CT molecular complexity index is 87.6. The van der Waals surface area contributed by atoms with Gasteiger partial charge >= 0.3 is 34.7 Å². The monoisotopic (exact) mass is 208 g/mol. The first-order valence-electron chi connectivity index (χ1n) is 1.44. The molecule has 0 atom stereocenters. The van der Waals surface area contributed by atoms with Crippen molar-refractivity contribution in [3.05, 3.63) is 0 Å². The van der Waals surface area contributed by atoms with Crippen LogP contribution in [0, 0.1) is 0 Å². The van der Waals surface area contributed by atoms with Gasteiger partial charge in [0.1, 0.15) is 0 Å². The number of rotatable bonds is 0. The van der Waals surface area contributed by atoms with E-state index in [2.05, 4.69) is 0 Å². The van der Waals surface area contributed by atoms with Gasteiger partial charge in [-0.1, -0.05) is 0 Å². The van der Waals surface area contributed by atoms with Gasteiger partial charge in [-0.15, -0.1) is 0 Å². The Hall–Kier alpha value is 1.12. The molecule has 0 spiro atoms. The topological polar surface area (TPSA) is 155 Å². The molecule has 0 aliphatic carbocycles. The predicted octanol–water partition coefficient (Wildman–Crippen LogP) is -7.53. The molecular formula is Al2BO7P. The summed E-state index contributed by atoms with van der Waals surface area (Å²) >= 11 is 0. The predicted molar refractivity (Wildman–Crippen MR) is 24.9 cm³/mol. The van der Waals surface area contributed by atoms with Crippen molar-refractivity contribution in [1.82, 2.24) is 0 Å². The van der Waals surface area contributed by atoms with Gasteiger partial charge in [-0.25, -0.2) is 0 Å². The van der Waals surface area contributed by atoms with E-state index in [0.717, 1.165) is 0 Å². The molecule has 56 valence electrons. The summed E-state index contributed by atoms with van der Waals surface area (Å²) in [5.41, 5.74) is 0. The maximum atomic E-state index is 8.55. The minimum Gasteiger partial charge on any atom is -0.907 e. The molecule has 0 saturated carbocycles. The largest absolute Gasteiger partial charge is 3.00 e. The molecule has 0 radical (unpaired) electrons. The molecule has 0 aromatic rings. The molecule has 0 aromatic carbocycles. The van der Waals surface area contributed by atoms with Crippen LogP contribution in [0.5, 0.6) is 0 Å². The molecule has 0 saturated heterocycles. The van der Waals surface area contributed by atoms with Gasteiger partial charge < -0.3 is 34.3 Å². The second kappa shape index (κ2) is 11.1. The molecule has 0 aliphatic heterocycles. The number of hydrogen-bond acceptors (Lipinski definition) is 7. The molecule has 0 fully saturated rings. The van der Waals surface area contributed by atoms with Crippen LogP contribution in [-0.4, -0.2) is 42.0 Å². The summed E-state index contributed by atoms with van der Waals surface area (Å²) in [7, 11) is -8.31. The normalized spacial score (nSPS) is 7.82. The summed E-state index contributed by atoms with van der Waals surface area (Å²) in [5.74, 6) is 0. The zero-order valence-corrected chi connectivity index (χ0v) is 8.24. The third-order valence-corrected chi connectivity index (χ3v) is 0. The van der Waals surface area contributed by atoms with Gasteiger partial charge in [-0.05, 0) is 0 Å². The average molecular weight is 208 g/mol. The number of hydrogen-bond donors (Lipinski definition) is 0. The molecule has 0 aliphatic rings. The van der Waals surface area contributed by atoms with Gasteiger partial charge in [0.05, 0.1) is 0 Å². The van der Waals surface area contributed by atoms with Crippen LogP contribution in [-0.2, 0) is 4.57 Å². The van der Waals surface area contributed by atoms with Crippen LogP contribution in [0.4, 0.5) is 0 Å². The molecule has 0 rings (SSSR count). The molecule has 0 aromatic heterocycles. The molecular weight excluding hydrogens is 208 g/mol. The summed E-state index contributed by atoms with van der Waals surface area (Å²) in [4.78, 5) is 25.6. The average Bonchev–Trinajstić information content (AvgIpc) is 1.19. The maximum absolute atomic E-state index is 8.55. The first kappa shape index (κ1) is 22.7. The van der Waals surface area contributed by atoms with E-state index in [1.807, 2.05) is 0 Å². The molecule has 0 heterocycles. The third kappa shape index (κ3) is 737. The second-order valence-corrected chi connectivity index (χ2v) is 1.63. The Kier molecular flexibility index (Phi) is 23.0. The zero-order chi connectivity index (χ0) is 8.08. The van der Waals surface area contributed by atoms with E-state index < -0.39 is 15.1 Å². The van der Waals surface area contributed by atoms with E-state index >= 15 is 0 Å². The molecule has 0 bridgehead atoms. The number of phosphoric acid groups is 1. The van der Waals surface area contributed by atoms with Gasteiger partial charge in [0.2, 0.25) is 0 Å². The fourth-order valence-electron chi connectivity index (χ4n) is 0. The molecule has 11 heteroatoms. The fraction of sp³-hybridized carbons (Fsp3) is 0. The molecule has 0 unspecified atom stereocenters. The molecule has 0 amide bonds. The van der Waals surface area contributed by atoms with Crippen LogP contribution in [0.25, 0.3) is 0 Å². The molecule has 11 heavy (non-hydrogen) atoms. The van der Waals surface area contributed by atoms with Crippen molar-refractivity contribution < 1.29 is 34.3 Å². The fourth-order valence-corrected chi connectivity index (χ4v) is 0. The minimum absolute atomic E-state index is 0. The van der Waals surface area contributed by atoms with Crippen molar-refractivity contribution in [1.29, 1.82) is 0 Å². The smallest absolute Gasteiger partial charge is 0.907 e. The maximum Gasteiger partial charge on any atom is 3.00 e. The van der Waals surface area contributed by atoms with Crippen molar-refractivity contribution in [3.63, 3.8) is 0 Å². The van der Waals surface area contributed by atoms with Crippen molar-refractivity contribution in [2.24, 2.45) is 0 Å². The van der Waals surface area contributed by atoms with Gasteiger partial charge in [0, 0.05) is 0 Å². The van der Waals surface area contributed by atoms with Crippen molar-refractivity contribution in [3.8, 4) is 0 Å². The van der Waals surface area contributed by atoms with Gasteiger partial charge in [0.25, 0.3) is 0 Å². The standard InChI is InChI=1S/2Al.BO3.H3O4P/c;;2-1(3)4;1-5(2,3)4/h;;;(H3,1,2,3,4)/q2*+3;-3;/p-3. The molecule has 0 N–H and O–H groups in total. The second-order valence-electron chi connectivity index (χ2n) is 0.736. The van der Waals surface area contributed by atoms with Crippen LogP contribution in [0.1, 0.15) is 0 Å². The van der Waals surface area contributed by atoms with E-state index in [4.69, 9.17) is 34.3 Å². The minimum atomic E-state index is -5.39. The zero-order valence-electron chi connectivity index (χ0n) is 5.04. The van der Waals surface area contributed by atoms with E-state index in [0.29, 0.717) is 0 Å². The first-order valence-corrected chi connectivity index (χ1v) is 2.90. The van der Waals surface area contributed by atoms with Crippen LogP contribution in [0.3, 0.4) is 0 Å². The Balaban J connectivity index is -0.0000000383. The van der Waals surface area contributed by atoms with E-state index in [1.165, 1.54) is 0 Å². The van der Waals surface area contributed by atoms with Crippen molar-refractivity contribution in [2.75, 3.05) is 0 Å². The van der Waals surface area contributed by atoms with E-state index in [1.54, 1.807) is 0 Å². The van der Waals surface area contributed by atoms with Crippen LogP contribution in [0.2, 0.25) is 0 Å². The Labute approximate surface area is 84.4 Å². The van der Waals surface area contributed by atoms with Crippen LogP contribution >= 0.6 is 7.82 Å². The van der Waals surface area contributed by atoms with Crippen LogP contribution < -0.4 is 29.8 Å². The van der Waals surface area contributed by atoms with Gasteiger partial charge in [0.15, 0.2) is 0 Å². The summed E-state index contributed by atoms with van der Waals surface area (Å²) in [6.45, 7) is 0. The Morgan fingerprint density at radius 1 is 0.909 bits per heavy atom. The summed E-state index contributed by atoms with van der Waals surface area (Å²) in [6, 6.07) is 0. The summed E-state index contributed by atoms with van der Waals surface area (Å²) < 4.78 is 8.55. The van der Waals surface area contributed by atoms with Crippen molar-refractivity contribution >= 4 is 49.9 Å². The van der Waals surface area contributed by atoms with Gasteiger partial charge in [-0.3, -0.25) is 7.32 Å². The Morgan fingerprint density at radius 2 is 0.909 bits per heavy atom. The first-order chi connectivity index (χ1) is 3.73.